The van der Waals surface area contributed by atoms with Gasteiger partial charge in [-0.1, -0.05) is 27.7 Å². The van der Waals surface area contributed by atoms with E-state index in [-0.39, 0.29) is 26.3 Å². The molecule has 1 amide bonds. The van der Waals surface area contributed by atoms with Gasteiger partial charge in [0.25, 0.3) is 15.9 Å². The Kier molecular flexibility index (Phi) is 8.66. The molecule has 3 heterocycles. The standard InChI is InChI=1S/C27H22Cl2F3N5O6S/c1-35-22-6-3-18(12-16(22)13-23(35)25(38)36-10-8-33-9-11-36)42-24-7-2-17(15-34-24)37(43-26(39)27(30,31)32)44(40,41)19-4-5-20(28)21(29)14-19/h2-7,12-15,33H,8-11H2,1H3. The van der Waals surface area contributed by atoms with E-state index in [0.717, 1.165) is 36.0 Å². The predicted octanol–water partition coefficient (Wildman–Crippen LogP) is 4.93. The van der Waals surface area contributed by atoms with Gasteiger partial charge in [-0.15, -0.1) is 0 Å². The number of piperazine rings is 1. The first-order valence-electron chi connectivity index (χ1n) is 12.8. The molecule has 1 fully saturated rings. The van der Waals surface area contributed by atoms with Gasteiger partial charge in [-0.2, -0.15) is 21.6 Å². The molecular weight excluding hydrogens is 650 g/mol. The van der Waals surface area contributed by atoms with Crippen molar-refractivity contribution in [2.75, 3.05) is 30.6 Å². The van der Waals surface area contributed by atoms with Crippen LogP contribution in [0.25, 0.3) is 10.9 Å². The van der Waals surface area contributed by atoms with Gasteiger partial charge in [-0.05, 0) is 48.5 Å². The number of ether oxygens (including phenoxy) is 1. The van der Waals surface area contributed by atoms with Gasteiger partial charge in [0.15, 0.2) is 0 Å². The number of carbonyl (C=O) groups excluding carboxylic acids is 2. The third-order valence-electron chi connectivity index (χ3n) is 6.60. The van der Waals surface area contributed by atoms with E-state index in [2.05, 4.69) is 15.1 Å². The van der Waals surface area contributed by atoms with E-state index >= 15 is 0 Å². The number of sulfonamides is 1. The number of aryl methyl sites for hydroxylation is 1. The number of anilines is 1. The lowest BCUT2D eigenvalue weighted by Gasteiger charge is -2.27. The average Bonchev–Trinajstić information content (AvgIpc) is 3.32. The summed E-state index contributed by atoms with van der Waals surface area (Å²) in [6.07, 6.45) is -4.66. The van der Waals surface area contributed by atoms with Crippen LogP contribution < -0.4 is 14.5 Å². The monoisotopic (exact) mass is 671 g/mol. The number of fused-ring (bicyclic) bond motifs is 1. The van der Waals surface area contributed by atoms with Gasteiger partial charge >= 0.3 is 12.1 Å². The van der Waals surface area contributed by atoms with E-state index in [9.17, 15) is 31.2 Å². The fourth-order valence-corrected chi connectivity index (χ4v) is 6.00. The minimum atomic E-state index is -5.51. The van der Waals surface area contributed by atoms with E-state index in [1.807, 2.05) is 0 Å². The summed E-state index contributed by atoms with van der Waals surface area (Å²) in [5, 5.41) is 3.70. The SMILES string of the molecule is Cn1c(C(=O)N2CCNCC2)cc2cc(Oc3ccc(N(OC(=O)C(F)(F)F)S(=O)(=O)c4ccc(Cl)c(Cl)c4)cn3)ccc21. The maximum absolute atomic E-state index is 13.2. The summed E-state index contributed by atoms with van der Waals surface area (Å²) in [5.74, 6) is -2.63. The van der Waals surface area contributed by atoms with Gasteiger partial charge < -0.3 is 24.4 Å². The molecule has 44 heavy (non-hydrogen) atoms. The summed E-state index contributed by atoms with van der Waals surface area (Å²) in [4.78, 5) is 34.1. The van der Waals surface area contributed by atoms with Gasteiger partial charge in [0, 0.05) is 50.2 Å². The average molecular weight is 672 g/mol. The van der Waals surface area contributed by atoms with Crippen LogP contribution in [0.5, 0.6) is 11.6 Å². The van der Waals surface area contributed by atoms with Crippen LogP contribution in [0.3, 0.4) is 0 Å². The van der Waals surface area contributed by atoms with E-state index in [1.54, 1.807) is 40.8 Å². The van der Waals surface area contributed by atoms with Crippen LogP contribution in [0.2, 0.25) is 10.0 Å². The van der Waals surface area contributed by atoms with Crippen LogP contribution in [0, 0.1) is 0 Å². The second-order valence-corrected chi connectivity index (χ2v) is 12.1. The number of amides is 1. The van der Waals surface area contributed by atoms with Crippen molar-refractivity contribution in [2.24, 2.45) is 7.05 Å². The molecule has 0 atom stereocenters. The Morgan fingerprint density at radius 2 is 1.73 bits per heavy atom. The molecule has 1 saturated heterocycles. The Labute approximate surface area is 258 Å². The second kappa shape index (κ2) is 12.1. The van der Waals surface area contributed by atoms with Crippen molar-refractivity contribution in [1.82, 2.24) is 19.8 Å². The van der Waals surface area contributed by atoms with Gasteiger partial charge in [0.1, 0.15) is 17.1 Å². The molecule has 1 aliphatic heterocycles. The third-order valence-corrected chi connectivity index (χ3v) is 8.91. The number of benzene rings is 2. The highest BCUT2D eigenvalue weighted by atomic mass is 35.5. The van der Waals surface area contributed by atoms with Crippen molar-refractivity contribution in [2.45, 2.75) is 11.1 Å². The van der Waals surface area contributed by atoms with Crippen molar-refractivity contribution in [3.05, 3.63) is 76.5 Å². The predicted molar refractivity (Wildman–Crippen MR) is 154 cm³/mol. The van der Waals surface area contributed by atoms with Crippen LogP contribution in [0.15, 0.2) is 65.7 Å². The third kappa shape index (κ3) is 6.40. The van der Waals surface area contributed by atoms with E-state index in [0.29, 0.717) is 43.0 Å². The Morgan fingerprint density at radius 1 is 1.00 bits per heavy atom. The molecule has 1 aliphatic rings. The van der Waals surface area contributed by atoms with Crippen molar-refractivity contribution in [1.29, 1.82) is 0 Å². The van der Waals surface area contributed by atoms with E-state index in [1.165, 1.54) is 6.07 Å². The summed E-state index contributed by atoms with van der Waals surface area (Å²) in [7, 11) is -3.15. The Balaban J connectivity index is 1.40. The molecule has 5 rings (SSSR count). The number of hydrogen-bond acceptors (Lipinski definition) is 8. The molecule has 11 nitrogen and oxygen atoms in total. The summed E-state index contributed by atoms with van der Waals surface area (Å²) >= 11 is 11.7. The first kappa shape index (κ1) is 31.4. The maximum atomic E-state index is 13.2. The lowest BCUT2D eigenvalue weighted by molar-refractivity contribution is -0.199. The highest BCUT2D eigenvalue weighted by Crippen LogP contribution is 2.32. The van der Waals surface area contributed by atoms with Crippen molar-refractivity contribution >= 4 is 61.7 Å². The number of nitrogens with zero attached hydrogens (tertiary/aromatic N) is 4. The van der Waals surface area contributed by atoms with Crippen LogP contribution in [0.1, 0.15) is 10.5 Å². The van der Waals surface area contributed by atoms with E-state index < -0.39 is 32.8 Å². The van der Waals surface area contributed by atoms with Gasteiger partial charge in [0.05, 0.1) is 21.1 Å². The molecule has 0 aliphatic carbocycles. The van der Waals surface area contributed by atoms with Crippen LogP contribution >= 0.6 is 23.2 Å². The summed E-state index contributed by atoms with van der Waals surface area (Å²) in [5.41, 5.74) is 0.725. The van der Waals surface area contributed by atoms with Gasteiger partial charge in [-0.25, -0.2) is 9.78 Å². The number of carbonyl (C=O) groups is 2. The molecule has 2 aromatic heterocycles. The minimum absolute atomic E-state index is 0.0105. The van der Waals surface area contributed by atoms with Crippen LogP contribution in [-0.2, 0) is 26.7 Å². The lowest BCUT2D eigenvalue weighted by Crippen LogP contribution is -2.46. The molecule has 0 saturated carbocycles. The normalized spacial score (nSPS) is 14.0. The summed E-state index contributed by atoms with van der Waals surface area (Å²) < 4.78 is 72.8. The largest absolute Gasteiger partial charge is 0.493 e. The molecule has 0 bridgehead atoms. The second-order valence-electron chi connectivity index (χ2n) is 9.49. The highest BCUT2D eigenvalue weighted by Gasteiger charge is 2.45. The molecule has 0 spiro atoms. The molecule has 232 valence electrons. The van der Waals surface area contributed by atoms with E-state index in [4.69, 9.17) is 27.9 Å². The summed E-state index contributed by atoms with van der Waals surface area (Å²) in [6, 6.07) is 12.0. The first-order valence-corrected chi connectivity index (χ1v) is 15.0. The zero-order chi connectivity index (χ0) is 31.8. The maximum Gasteiger partial charge on any atom is 0.493 e. The molecule has 4 aromatic rings. The smallest absolute Gasteiger partial charge is 0.439 e. The number of halogens is 5. The van der Waals surface area contributed by atoms with Gasteiger partial charge in [0.2, 0.25) is 5.88 Å². The number of nitrogens with one attached hydrogen (secondary N) is 1. The number of alkyl halides is 3. The molecule has 1 N–H and O–H groups in total. The number of pyridine rings is 1. The Morgan fingerprint density at radius 3 is 2.36 bits per heavy atom. The fourth-order valence-electron chi connectivity index (χ4n) is 4.39. The van der Waals surface area contributed by atoms with Crippen LogP contribution in [0.4, 0.5) is 18.9 Å². The molecular formula is C27H22Cl2F3N5O6S. The van der Waals surface area contributed by atoms with Gasteiger partial charge in [-0.3, -0.25) is 4.79 Å². The molecule has 0 radical (unpaired) electrons. The quantitative estimate of drug-likeness (QED) is 0.274. The number of rotatable bonds is 7. The molecule has 2 aromatic carbocycles. The van der Waals surface area contributed by atoms with Crippen molar-refractivity contribution in [3.63, 3.8) is 0 Å². The van der Waals surface area contributed by atoms with Crippen molar-refractivity contribution in [3.8, 4) is 11.6 Å². The summed E-state index contributed by atoms with van der Waals surface area (Å²) in [6.45, 7) is 2.61. The highest BCUT2D eigenvalue weighted by molar-refractivity contribution is 7.92. The number of hydrogen-bond donors (Lipinski definition) is 1. The first-order chi connectivity index (χ1) is 20.8. The zero-order valence-electron chi connectivity index (χ0n) is 22.6. The van der Waals surface area contributed by atoms with Crippen LogP contribution in [-0.4, -0.2) is 67.1 Å². The fraction of sp³-hybridized carbons (Fsp3) is 0.222. The Hall–Kier alpha value is -4.05. The molecule has 17 heteroatoms. The zero-order valence-corrected chi connectivity index (χ0v) is 25.0. The minimum Gasteiger partial charge on any atom is -0.439 e. The van der Waals surface area contributed by atoms with Crippen molar-refractivity contribution < 1.29 is 40.8 Å². The number of aromatic nitrogens is 2. The lowest BCUT2D eigenvalue weighted by atomic mass is 10.2. The molecule has 0 unspecified atom stereocenters. The Bertz CT molecular complexity index is 1850. The topological polar surface area (TPSA) is 123 Å².